The Morgan fingerprint density at radius 2 is 1.65 bits per heavy atom. The molecular formula is C9H21NO5S2. The maximum Gasteiger partial charge on any atom is 0.212 e. The second-order valence-electron chi connectivity index (χ2n) is 4.58. The fraction of sp³-hybridized carbons (Fsp3) is 1.00. The molecule has 0 aromatic heterocycles. The summed E-state index contributed by atoms with van der Waals surface area (Å²) in [5, 5.41) is 9.02. The van der Waals surface area contributed by atoms with Crippen LogP contribution in [0.3, 0.4) is 0 Å². The number of hydrogen-bond donors (Lipinski definition) is 2. The third-order valence-electron chi connectivity index (χ3n) is 2.05. The highest BCUT2D eigenvalue weighted by atomic mass is 32.2. The van der Waals surface area contributed by atoms with Gasteiger partial charge in [-0.2, -0.15) is 0 Å². The van der Waals surface area contributed by atoms with Crippen molar-refractivity contribution in [2.45, 2.75) is 26.3 Å². The van der Waals surface area contributed by atoms with Crippen LogP contribution in [0.1, 0.15) is 20.3 Å². The Hall–Kier alpha value is -0.180. The first-order valence-electron chi connectivity index (χ1n) is 5.34. The topological polar surface area (TPSA) is 101 Å². The van der Waals surface area contributed by atoms with Crippen LogP contribution in [0.25, 0.3) is 0 Å². The molecule has 17 heavy (non-hydrogen) atoms. The lowest BCUT2D eigenvalue weighted by Gasteiger charge is -2.18. The standard InChI is InChI=1S/C9H21NO5S2/c1-8(2)6-9(7-11)10-17(14,15)5-4-16(3,12)13/h8-11H,4-7H2,1-3H3. The van der Waals surface area contributed by atoms with Crippen molar-refractivity contribution in [1.29, 1.82) is 0 Å². The molecule has 0 saturated carbocycles. The molecule has 1 atom stereocenters. The van der Waals surface area contributed by atoms with Crippen molar-refractivity contribution in [2.24, 2.45) is 5.92 Å². The van der Waals surface area contributed by atoms with E-state index in [2.05, 4.69) is 4.72 Å². The zero-order valence-corrected chi connectivity index (χ0v) is 12.0. The van der Waals surface area contributed by atoms with Gasteiger partial charge in [0.25, 0.3) is 0 Å². The number of hydrogen-bond acceptors (Lipinski definition) is 5. The van der Waals surface area contributed by atoms with Crippen LogP contribution in [-0.4, -0.2) is 52.4 Å². The van der Waals surface area contributed by atoms with E-state index in [1.54, 1.807) is 0 Å². The second-order valence-corrected chi connectivity index (χ2v) is 8.71. The summed E-state index contributed by atoms with van der Waals surface area (Å²) in [6.45, 7) is 3.53. The van der Waals surface area contributed by atoms with Crippen LogP contribution >= 0.6 is 0 Å². The van der Waals surface area contributed by atoms with Gasteiger partial charge >= 0.3 is 0 Å². The van der Waals surface area contributed by atoms with Crippen molar-refractivity contribution >= 4 is 19.9 Å². The first-order valence-corrected chi connectivity index (χ1v) is 9.05. The third-order valence-corrected chi connectivity index (χ3v) is 4.68. The Bertz CT molecular complexity index is 413. The highest BCUT2D eigenvalue weighted by Gasteiger charge is 2.19. The van der Waals surface area contributed by atoms with Gasteiger partial charge in [0.15, 0.2) is 0 Å². The van der Waals surface area contributed by atoms with E-state index in [4.69, 9.17) is 5.11 Å². The van der Waals surface area contributed by atoms with E-state index in [0.29, 0.717) is 6.42 Å². The lowest BCUT2D eigenvalue weighted by Crippen LogP contribution is -2.40. The molecule has 0 radical (unpaired) electrons. The minimum Gasteiger partial charge on any atom is -0.395 e. The third kappa shape index (κ3) is 9.51. The monoisotopic (exact) mass is 287 g/mol. The first-order chi connectivity index (χ1) is 7.56. The van der Waals surface area contributed by atoms with Gasteiger partial charge in [-0.05, 0) is 12.3 Å². The van der Waals surface area contributed by atoms with Gasteiger partial charge in [-0.3, -0.25) is 0 Å². The van der Waals surface area contributed by atoms with Gasteiger partial charge in [0.1, 0.15) is 9.84 Å². The lowest BCUT2D eigenvalue weighted by molar-refractivity contribution is 0.240. The average Bonchev–Trinajstić information content (AvgIpc) is 2.12. The zero-order chi connectivity index (χ0) is 13.7. The zero-order valence-electron chi connectivity index (χ0n) is 10.4. The molecule has 0 aliphatic heterocycles. The summed E-state index contributed by atoms with van der Waals surface area (Å²) in [7, 11) is -6.97. The van der Waals surface area contributed by atoms with Gasteiger partial charge in [0, 0.05) is 12.3 Å². The minimum atomic E-state index is -3.66. The number of sulfone groups is 1. The molecule has 0 aromatic carbocycles. The second kappa shape index (κ2) is 6.67. The molecule has 0 amide bonds. The van der Waals surface area contributed by atoms with Gasteiger partial charge in [0.05, 0.1) is 18.1 Å². The molecule has 0 heterocycles. The van der Waals surface area contributed by atoms with Gasteiger partial charge < -0.3 is 5.11 Å². The molecule has 6 nitrogen and oxygen atoms in total. The van der Waals surface area contributed by atoms with Crippen LogP contribution in [0.2, 0.25) is 0 Å². The fourth-order valence-corrected chi connectivity index (χ4v) is 4.19. The largest absolute Gasteiger partial charge is 0.395 e. The van der Waals surface area contributed by atoms with E-state index in [1.807, 2.05) is 13.8 Å². The summed E-state index contributed by atoms with van der Waals surface area (Å²) in [6, 6.07) is -0.556. The summed E-state index contributed by atoms with van der Waals surface area (Å²) < 4.78 is 47.1. The number of nitrogens with one attached hydrogen (secondary N) is 1. The fourth-order valence-electron chi connectivity index (χ4n) is 1.30. The van der Waals surface area contributed by atoms with E-state index in [-0.39, 0.29) is 12.5 Å². The van der Waals surface area contributed by atoms with Gasteiger partial charge in [-0.25, -0.2) is 21.6 Å². The van der Waals surface area contributed by atoms with E-state index in [0.717, 1.165) is 6.26 Å². The van der Waals surface area contributed by atoms with E-state index >= 15 is 0 Å². The van der Waals surface area contributed by atoms with Crippen LogP contribution in [0, 0.1) is 5.92 Å². The first kappa shape index (κ1) is 16.8. The lowest BCUT2D eigenvalue weighted by atomic mass is 10.1. The molecule has 0 fully saturated rings. The summed E-state index contributed by atoms with van der Waals surface area (Å²) in [5.74, 6) is -0.646. The molecule has 0 bridgehead atoms. The quantitative estimate of drug-likeness (QED) is 0.618. The van der Waals surface area contributed by atoms with Crippen LogP contribution in [0.4, 0.5) is 0 Å². The van der Waals surface area contributed by atoms with Gasteiger partial charge in [0.2, 0.25) is 10.0 Å². The molecular weight excluding hydrogens is 266 g/mol. The van der Waals surface area contributed by atoms with Crippen LogP contribution < -0.4 is 4.72 Å². The average molecular weight is 287 g/mol. The number of aliphatic hydroxyl groups excluding tert-OH is 1. The summed E-state index contributed by atoms with van der Waals surface area (Å²) in [6.07, 6.45) is 1.49. The van der Waals surface area contributed by atoms with Crippen LogP contribution in [0.5, 0.6) is 0 Å². The highest BCUT2D eigenvalue weighted by molar-refractivity contribution is 7.93. The van der Waals surface area contributed by atoms with Gasteiger partial charge in [-0.1, -0.05) is 13.8 Å². The number of rotatable bonds is 8. The normalized spacial score (nSPS) is 15.1. The molecule has 0 aromatic rings. The predicted octanol–water partition coefficient (Wildman–Crippen LogP) is -0.643. The summed E-state index contributed by atoms with van der Waals surface area (Å²) >= 11 is 0. The summed E-state index contributed by atoms with van der Waals surface area (Å²) in [5.41, 5.74) is 0. The van der Waals surface area contributed by atoms with E-state index in [9.17, 15) is 16.8 Å². The molecule has 104 valence electrons. The SMILES string of the molecule is CC(C)CC(CO)NS(=O)(=O)CCS(C)(=O)=O. The molecule has 0 saturated heterocycles. The molecule has 1 unspecified atom stereocenters. The maximum atomic E-state index is 11.5. The predicted molar refractivity (Wildman–Crippen MR) is 67.0 cm³/mol. The van der Waals surface area contributed by atoms with Crippen molar-refractivity contribution in [1.82, 2.24) is 4.72 Å². The molecule has 0 rings (SSSR count). The minimum absolute atomic E-state index is 0.241. The van der Waals surface area contributed by atoms with Crippen molar-refractivity contribution in [2.75, 3.05) is 24.4 Å². The Labute approximate surface area is 103 Å². The summed E-state index contributed by atoms with van der Waals surface area (Å²) in [4.78, 5) is 0. The van der Waals surface area contributed by atoms with E-state index in [1.165, 1.54) is 0 Å². The maximum absolute atomic E-state index is 11.5. The van der Waals surface area contributed by atoms with Crippen molar-refractivity contribution in [3.05, 3.63) is 0 Å². The van der Waals surface area contributed by atoms with E-state index < -0.39 is 37.4 Å². The number of sulfonamides is 1. The molecule has 8 heteroatoms. The molecule has 2 N–H and O–H groups in total. The molecule has 0 aliphatic carbocycles. The van der Waals surface area contributed by atoms with Crippen LogP contribution in [-0.2, 0) is 19.9 Å². The Morgan fingerprint density at radius 1 is 1.12 bits per heavy atom. The molecule has 0 aliphatic rings. The van der Waals surface area contributed by atoms with Crippen molar-refractivity contribution < 1.29 is 21.9 Å². The Morgan fingerprint density at radius 3 is 2.00 bits per heavy atom. The van der Waals surface area contributed by atoms with Crippen LogP contribution in [0.15, 0.2) is 0 Å². The van der Waals surface area contributed by atoms with Gasteiger partial charge in [-0.15, -0.1) is 0 Å². The molecule has 0 spiro atoms. The smallest absolute Gasteiger partial charge is 0.212 e. The van der Waals surface area contributed by atoms with Crippen molar-refractivity contribution in [3.8, 4) is 0 Å². The Kier molecular flexibility index (Phi) is 6.60. The highest BCUT2D eigenvalue weighted by Crippen LogP contribution is 2.05. The Balaban J connectivity index is 4.42. The van der Waals surface area contributed by atoms with Crippen molar-refractivity contribution in [3.63, 3.8) is 0 Å². The number of aliphatic hydroxyl groups is 1.